The molecule has 0 atom stereocenters. The number of hydrogen-bond acceptors (Lipinski definition) is 4. The fourth-order valence-corrected chi connectivity index (χ4v) is 3.33. The van der Waals surface area contributed by atoms with E-state index in [0.717, 1.165) is 22.7 Å². The molecule has 1 aliphatic heterocycles. The molecular weight excluding hydrogens is 316 g/mol. The molecule has 1 aromatic carbocycles. The molecule has 7 heteroatoms. The van der Waals surface area contributed by atoms with Gasteiger partial charge in [0.25, 0.3) is 0 Å². The van der Waals surface area contributed by atoms with Crippen molar-refractivity contribution in [2.45, 2.75) is 26.3 Å². The van der Waals surface area contributed by atoms with Crippen LogP contribution in [0, 0.1) is 5.92 Å². The van der Waals surface area contributed by atoms with Crippen molar-refractivity contribution in [3.63, 3.8) is 0 Å². The van der Waals surface area contributed by atoms with Crippen molar-refractivity contribution in [1.82, 2.24) is 4.31 Å². The molecule has 0 radical (unpaired) electrons. The van der Waals surface area contributed by atoms with E-state index in [9.17, 15) is 13.2 Å². The van der Waals surface area contributed by atoms with Crippen LogP contribution >= 0.6 is 0 Å². The lowest BCUT2D eigenvalue weighted by Crippen LogP contribution is -2.31. The quantitative estimate of drug-likeness (QED) is 0.772. The lowest BCUT2D eigenvalue weighted by molar-refractivity contribution is -0.138. The Morgan fingerprint density at radius 2 is 2.00 bits per heavy atom. The van der Waals surface area contributed by atoms with Crippen LogP contribution in [0.4, 0.5) is 0 Å². The van der Waals surface area contributed by atoms with Gasteiger partial charge in [0, 0.05) is 6.20 Å². The Morgan fingerprint density at radius 3 is 2.65 bits per heavy atom. The van der Waals surface area contributed by atoms with E-state index >= 15 is 0 Å². The van der Waals surface area contributed by atoms with Crippen molar-refractivity contribution >= 4 is 21.9 Å². The number of rotatable bonds is 5. The lowest BCUT2D eigenvalue weighted by atomic mass is 10.2. The maximum atomic E-state index is 12.2. The minimum absolute atomic E-state index is 0.124. The van der Waals surface area contributed by atoms with Gasteiger partial charge in [-0.15, -0.1) is 4.40 Å². The van der Waals surface area contributed by atoms with Crippen LogP contribution in [0.3, 0.4) is 0 Å². The summed E-state index contributed by atoms with van der Waals surface area (Å²) < 4.78 is 34.4. The summed E-state index contributed by atoms with van der Waals surface area (Å²) in [5, 5.41) is 0. The second-order valence-corrected chi connectivity index (χ2v) is 7.32. The molecule has 1 heterocycles. The van der Waals surface area contributed by atoms with Crippen LogP contribution in [0.25, 0.3) is 0 Å². The summed E-state index contributed by atoms with van der Waals surface area (Å²) in [4.78, 5) is 12.2. The Kier molecular flexibility index (Phi) is 4.21. The van der Waals surface area contributed by atoms with Gasteiger partial charge in [0.2, 0.25) is 0 Å². The largest absolute Gasteiger partial charge is 0.462 e. The Labute approximate surface area is 135 Å². The topological polar surface area (TPSA) is 76.0 Å². The molecule has 1 saturated carbocycles. The Morgan fingerprint density at radius 1 is 1.30 bits per heavy atom. The van der Waals surface area contributed by atoms with Crippen LogP contribution in [0.2, 0.25) is 0 Å². The number of esters is 1. The minimum Gasteiger partial charge on any atom is -0.462 e. The molecule has 0 N–H and O–H groups in total. The van der Waals surface area contributed by atoms with E-state index < -0.39 is 16.2 Å². The Hall–Kier alpha value is -2.15. The molecule has 6 nitrogen and oxygen atoms in total. The third-order valence-electron chi connectivity index (χ3n) is 3.76. The third-order valence-corrected chi connectivity index (χ3v) is 5.09. The molecule has 0 aromatic heterocycles. The van der Waals surface area contributed by atoms with Crippen LogP contribution < -0.4 is 0 Å². The van der Waals surface area contributed by atoms with Crippen molar-refractivity contribution in [2.75, 3.05) is 6.61 Å². The smallest absolute Gasteiger partial charge is 0.344 e. The van der Waals surface area contributed by atoms with Gasteiger partial charge in [-0.25, -0.2) is 4.79 Å². The molecule has 0 spiro atoms. The van der Waals surface area contributed by atoms with Crippen molar-refractivity contribution in [3.8, 4) is 0 Å². The van der Waals surface area contributed by atoms with Gasteiger partial charge in [-0.1, -0.05) is 30.3 Å². The first-order valence-electron chi connectivity index (χ1n) is 7.47. The first-order chi connectivity index (χ1) is 11.0. The van der Waals surface area contributed by atoms with Crippen LogP contribution in [-0.2, 0) is 26.3 Å². The van der Waals surface area contributed by atoms with Crippen molar-refractivity contribution in [1.29, 1.82) is 0 Å². The molecular formula is C16H18N2O4S. The number of carbonyl (C=O) groups is 1. The number of hydrogen-bond donors (Lipinski definition) is 0. The molecule has 23 heavy (non-hydrogen) atoms. The standard InChI is InChI=1S/C16H18N2O4S/c1-12-15(16(19)22-11-14-7-8-14)10-18(23(20,21)17-12)9-13-5-3-2-4-6-13/h2-6,10,14H,7-9,11H2,1H3. The normalized spacial score (nSPS) is 19.8. The second kappa shape index (κ2) is 6.16. The average molecular weight is 334 g/mol. The summed E-state index contributed by atoms with van der Waals surface area (Å²) in [5.74, 6) is -0.0735. The second-order valence-electron chi connectivity index (χ2n) is 5.77. The predicted octanol–water partition coefficient (Wildman–Crippen LogP) is 2.04. The van der Waals surface area contributed by atoms with Crippen molar-refractivity contribution in [3.05, 3.63) is 47.7 Å². The van der Waals surface area contributed by atoms with E-state index in [4.69, 9.17) is 4.74 Å². The molecule has 0 saturated heterocycles. The summed E-state index contributed by atoms with van der Waals surface area (Å²) in [6.07, 6.45) is 3.47. The van der Waals surface area contributed by atoms with E-state index in [1.807, 2.05) is 30.3 Å². The summed E-state index contributed by atoms with van der Waals surface area (Å²) in [6.45, 7) is 2.01. The molecule has 0 bridgehead atoms. The highest BCUT2D eigenvalue weighted by molar-refractivity contribution is 7.88. The lowest BCUT2D eigenvalue weighted by Gasteiger charge is -2.23. The maximum absolute atomic E-state index is 12.2. The summed E-state index contributed by atoms with van der Waals surface area (Å²) in [6, 6.07) is 9.15. The average Bonchev–Trinajstić information content (AvgIpc) is 3.32. The van der Waals surface area contributed by atoms with Gasteiger partial charge >= 0.3 is 16.2 Å². The zero-order chi connectivity index (χ0) is 16.4. The Balaban J connectivity index is 1.80. The first kappa shape index (κ1) is 15.7. The molecule has 1 aliphatic carbocycles. The molecule has 122 valence electrons. The minimum atomic E-state index is -3.82. The number of carbonyl (C=O) groups excluding carboxylic acids is 1. The number of nitrogens with zero attached hydrogens (tertiary/aromatic N) is 2. The molecule has 2 aliphatic rings. The van der Waals surface area contributed by atoms with E-state index in [2.05, 4.69) is 4.40 Å². The van der Waals surface area contributed by atoms with Crippen molar-refractivity contribution < 1.29 is 17.9 Å². The Bertz CT molecular complexity index is 765. The van der Waals surface area contributed by atoms with Gasteiger partial charge in [-0.3, -0.25) is 4.31 Å². The van der Waals surface area contributed by atoms with Gasteiger partial charge in [-0.2, -0.15) is 8.42 Å². The van der Waals surface area contributed by atoms with E-state index in [1.54, 1.807) is 0 Å². The molecule has 1 aromatic rings. The highest BCUT2D eigenvalue weighted by Crippen LogP contribution is 2.29. The first-order valence-corrected chi connectivity index (χ1v) is 8.87. The molecule has 1 fully saturated rings. The maximum Gasteiger partial charge on any atom is 0.344 e. The van der Waals surface area contributed by atoms with Crippen LogP contribution in [0.15, 0.2) is 46.5 Å². The number of benzene rings is 1. The predicted molar refractivity (Wildman–Crippen MR) is 85.8 cm³/mol. The highest BCUT2D eigenvalue weighted by atomic mass is 32.2. The molecule has 3 rings (SSSR count). The van der Waals surface area contributed by atoms with E-state index in [0.29, 0.717) is 12.5 Å². The van der Waals surface area contributed by atoms with Gasteiger partial charge < -0.3 is 4.74 Å². The summed E-state index contributed by atoms with van der Waals surface area (Å²) in [5.41, 5.74) is 1.17. The van der Waals surface area contributed by atoms with E-state index in [1.165, 1.54) is 13.1 Å². The van der Waals surface area contributed by atoms with Crippen molar-refractivity contribution in [2.24, 2.45) is 10.3 Å². The third kappa shape index (κ3) is 3.79. The van der Waals surface area contributed by atoms with Crippen LogP contribution in [0.1, 0.15) is 25.3 Å². The summed E-state index contributed by atoms with van der Waals surface area (Å²) in [7, 11) is -3.82. The van der Waals surface area contributed by atoms with Gasteiger partial charge in [0.1, 0.15) is 0 Å². The zero-order valence-electron chi connectivity index (χ0n) is 12.8. The fraction of sp³-hybridized carbons (Fsp3) is 0.375. The van der Waals surface area contributed by atoms with Gasteiger partial charge in [-0.05, 0) is 31.2 Å². The number of ether oxygens (including phenoxy) is 1. The molecule has 0 amide bonds. The SMILES string of the molecule is CC1=NS(=O)(=O)N(Cc2ccccc2)C=C1C(=O)OCC1CC1. The summed E-state index contributed by atoms with van der Waals surface area (Å²) >= 11 is 0. The van der Waals surface area contributed by atoms with Crippen LogP contribution in [0.5, 0.6) is 0 Å². The van der Waals surface area contributed by atoms with Crippen LogP contribution in [-0.4, -0.2) is 31.0 Å². The molecule has 0 unspecified atom stereocenters. The zero-order valence-corrected chi connectivity index (χ0v) is 13.6. The monoisotopic (exact) mass is 334 g/mol. The highest BCUT2D eigenvalue weighted by Gasteiger charge is 2.30. The fourth-order valence-electron chi connectivity index (χ4n) is 2.23. The van der Waals surface area contributed by atoms with Gasteiger partial charge in [0.15, 0.2) is 0 Å². The van der Waals surface area contributed by atoms with Gasteiger partial charge in [0.05, 0.1) is 24.4 Å². The van der Waals surface area contributed by atoms with E-state index in [-0.39, 0.29) is 17.8 Å².